The van der Waals surface area contributed by atoms with Gasteiger partial charge in [0.2, 0.25) is 0 Å². The lowest BCUT2D eigenvalue weighted by molar-refractivity contribution is -0.274. The Bertz CT molecular complexity index is 1410. The van der Waals surface area contributed by atoms with Crippen molar-refractivity contribution in [3.63, 3.8) is 0 Å². The molecule has 0 saturated carbocycles. The molecule has 0 aromatic heterocycles. The fourth-order valence-electron chi connectivity index (χ4n) is 4.42. The second-order valence-electron chi connectivity index (χ2n) is 8.60. The Kier molecular flexibility index (Phi) is 7.03. The SMILES string of the molecule is CN=S(=O)(/C=N\[C@@H]1COC[C@H](N2c3ccccc3Oc3ccccc32)[C@@H]1O)c1ccc(OC(F)(F)F)cc1. The van der Waals surface area contributed by atoms with Crippen molar-refractivity contribution < 1.29 is 36.7 Å². The lowest BCUT2D eigenvalue weighted by Gasteiger charge is -2.43. The Labute approximate surface area is 217 Å². The van der Waals surface area contributed by atoms with Crippen molar-refractivity contribution >= 4 is 26.7 Å². The van der Waals surface area contributed by atoms with E-state index in [4.69, 9.17) is 9.47 Å². The smallest absolute Gasteiger partial charge is 0.453 e. The molecule has 12 heteroatoms. The molecule has 1 N–H and O–H groups in total. The van der Waals surface area contributed by atoms with Crippen LogP contribution in [0, 0.1) is 0 Å². The number of hydrogen-bond acceptors (Lipinski definition) is 8. The summed E-state index contributed by atoms with van der Waals surface area (Å²) in [5, 5.41) is 11.4. The molecule has 0 aliphatic carbocycles. The van der Waals surface area contributed by atoms with Gasteiger partial charge in [-0.1, -0.05) is 24.3 Å². The summed E-state index contributed by atoms with van der Waals surface area (Å²) >= 11 is 0. The van der Waals surface area contributed by atoms with Gasteiger partial charge in [0.15, 0.2) is 11.5 Å². The summed E-state index contributed by atoms with van der Waals surface area (Å²) < 4.78 is 70.6. The molecule has 2 aliphatic heterocycles. The van der Waals surface area contributed by atoms with Gasteiger partial charge in [-0.15, -0.1) is 13.2 Å². The molecule has 0 bridgehead atoms. The maximum Gasteiger partial charge on any atom is 0.573 e. The number of benzene rings is 3. The third-order valence-electron chi connectivity index (χ3n) is 6.23. The number of ether oxygens (including phenoxy) is 3. The first-order chi connectivity index (χ1) is 18.2. The van der Waals surface area contributed by atoms with Crippen LogP contribution in [0.4, 0.5) is 24.5 Å². The van der Waals surface area contributed by atoms with Crippen molar-refractivity contribution in [2.24, 2.45) is 9.36 Å². The fourth-order valence-corrected chi connectivity index (χ4v) is 5.70. The highest BCUT2D eigenvalue weighted by atomic mass is 32.2. The minimum atomic E-state index is -4.84. The number of para-hydroxylation sites is 4. The number of alkyl halides is 3. The Morgan fingerprint density at radius 2 is 1.61 bits per heavy atom. The van der Waals surface area contributed by atoms with Crippen molar-refractivity contribution in [3.8, 4) is 17.2 Å². The third-order valence-corrected chi connectivity index (χ3v) is 8.13. The lowest BCUT2D eigenvalue weighted by atomic mass is 9.98. The molecule has 0 spiro atoms. The van der Waals surface area contributed by atoms with E-state index in [0.29, 0.717) is 11.5 Å². The average molecular weight is 548 g/mol. The Hall–Kier alpha value is -3.61. The molecule has 3 aromatic carbocycles. The van der Waals surface area contributed by atoms with Crippen LogP contribution in [0.2, 0.25) is 0 Å². The van der Waals surface area contributed by atoms with Crippen LogP contribution < -0.4 is 14.4 Å². The lowest BCUT2D eigenvalue weighted by Crippen LogP contribution is -2.54. The summed E-state index contributed by atoms with van der Waals surface area (Å²) in [6.07, 6.45) is -5.85. The van der Waals surface area contributed by atoms with E-state index in [0.717, 1.165) is 29.1 Å². The number of aliphatic imine (C=N–C) groups is 1. The van der Waals surface area contributed by atoms with Gasteiger partial charge in [-0.2, -0.15) is 0 Å². The molecule has 8 nitrogen and oxygen atoms in total. The molecule has 3 aromatic rings. The van der Waals surface area contributed by atoms with Crippen LogP contribution in [0.3, 0.4) is 0 Å². The topological polar surface area (TPSA) is 93.0 Å². The van der Waals surface area contributed by atoms with E-state index in [1.807, 2.05) is 53.4 Å². The standard InChI is InChI=1S/C26H24F3N3O5S/c1-30-38(34,18-12-10-17(11-13-18)37-26(27,28)29)16-31-19-14-35-15-22(25(19)33)32-20-6-2-4-8-23(20)36-24-9-5-3-7-21(24)32/h2-13,16,19,22,25,33H,14-15H2,1H3/b31-16-/t19-,22+,25-,38?/m1/s1. The van der Waals surface area contributed by atoms with E-state index in [9.17, 15) is 22.5 Å². The van der Waals surface area contributed by atoms with Gasteiger partial charge in [0, 0.05) is 7.05 Å². The van der Waals surface area contributed by atoms with Crippen LogP contribution in [0.15, 0.2) is 87.0 Å². The molecule has 0 amide bonds. The second kappa shape index (κ2) is 10.3. The highest BCUT2D eigenvalue weighted by Gasteiger charge is 2.40. The number of aliphatic hydroxyl groups excluding tert-OH is 1. The molecule has 2 aliphatic rings. The van der Waals surface area contributed by atoms with Crippen molar-refractivity contribution in [2.75, 3.05) is 25.2 Å². The van der Waals surface area contributed by atoms with E-state index in [2.05, 4.69) is 14.1 Å². The van der Waals surface area contributed by atoms with E-state index < -0.39 is 40.0 Å². The van der Waals surface area contributed by atoms with Crippen LogP contribution in [0.25, 0.3) is 0 Å². The minimum Gasteiger partial charge on any atom is -0.453 e. The first-order valence-electron chi connectivity index (χ1n) is 11.6. The predicted molar refractivity (Wildman–Crippen MR) is 136 cm³/mol. The molecular formula is C26H24F3N3O5S. The normalized spacial score (nSPS) is 22.7. The van der Waals surface area contributed by atoms with Gasteiger partial charge in [-0.3, -0.25) is 4.99 Å². The number of nitrogens with zero attached hydrogens (tertiary/aromatic N) is 3. The van der Waals surface area contributed by atoms with E-state index in [1.54, 1.807) is 0 Å². The zero-order valence-corrected chi connectivity index (χ0v) is 20.9. The summed E-state index contributed by atoms with van der Waals surface area (Å²) in [6, 6.07) is 18.2. The largest absolute Gasteiger partial charge is 0.573 e. The molecule has 1 unspecified atom stereocenters. The van der Waals surface area contributed by atoms with Crippen LogP contribution in [-0.4, -0.2) is 59.7 Å². The zero-order chi connectivity index (χ0) is 26.9. The maximum absolute atomic E-state index is 13.5. The zero-order valence-electron chi connectivity index (χ0n) is 20.1. The van der Waals surface area contributed by atoms with Crippen LogP contribution in [-0.2, 0) is 14.5 Å². The van der Waals surface area contributed by atoms with Crippen LogP contribution in [0.1, 0.15) is 0 Å². The number of rotatable bonds is 5. The summed E-state index contributed by atoms with van der Waals surface area (Å²) in [7, 11) is -1.91. The Balaban J connectivity index is 1.41. The van der Waals surface area contributed by atoms with Crippen molar-refractivity contribution in [2.45, 2.75) is 29.4 Å². The number of aliphatic hydroxyl groups is 1. The van der Waals surface area contributed by atoms with Crippen LogP contribution >= 0.6 is 0 Å². The van der Waals surface area contributed by atoms with Gasteiger partial charge in [0.05, 0.1) is 41.1 Å². The highest BCUT2D eigenvalue weighted by molar-refractivity contribution is 8.06. The predicted octanol–water partition coefficient (Wildman–Crippen LogP) is 5.14. The molecule has 1 saturated heterocycles. The summed E-state index contributed by atoms with van der Waals surface area (Å²) in [4.78, 5) is 6.49. The number of anilines is 2. The molecule has 2 heterocycles. The van der Waals surface area contributed by atoms with Gasteiger partial charge in [-0.25, -0.2) is 8.57 Å². The summed E-state index contributed by atoms with van der Waals surface area (Å²) in [6.45, 7) is 0.295. The first kappa shape index (κ1) is 26.0. The molecule has 1 fully saturated rings. The summed E-state index contributed by atoms with van der Waals surface area (Å²) in [5.41, 5.74) is 2.65. The minimum absolute atomic E-state index is 0.0827. The number of fused-ring (bicyclic) bond motifs is 2. The molecule has 200 valence electrons. The monoisotopic (exact) mass is 547 g/mol. The highest BCUT2D eigenvalue weighted by Crippen LogP contribution is 2.48. The maximum atomic E-state index is 13.5. The molecular weight excluding hydrogens is 523 g/mol. The molecule has 38 heavy (non-hydrogen) atoms. The first-order valence-corrected chi connectivity index (χ1v) is 13.2. The Morgan fingerprint density at radius 3 is 2.18 bits per heavy atom. The van der Waals surface area contributed by atoms with Gasteiger partial charge in [0.25, 0.3) is 0 Å². The summed E-state index contributed by atoms with van der Waals surface area (Å²) in [5.74, 6) is 0.825. The van der Waals surface area contributed by atoms with Crippen LogP contribution in [0.5, 0.6) is 17.2 Å². The van der Waals surface area contributed by atoms with E-state index in [-0.39, 0.29) is 18.1 Å². The van der Waals surface area contributed by atoms with Gasteiger partial charge in [0.1, 0.15) is 27.6 Å². The molecule has 4 atom stereocenters. The van der Waals surface area contributed by atoms with E-state index in [1.165, 1.54) is 19.2 Å². The van der Waals surface area contributed by atoms with E-state index >= 15 is 0 Å². The Morgan fingerprint density at radius 1 is 1.00 bits per heavy atom. The van der Waals surface area contributed by atoms with Gasteiger partial charge in [-0.05, 0) is 48.5 Å². The number of halogens is 3. The molecule has 0 radical (unpaired) electrons. The molecule has 5 rings (SSSR count). The van der Waals surface area contributed by atoms with Gasteiger partial charge >= 0.3 is 6.36 Å². The van der Waals surface area contributed by atoms with Crippen molar-refractivity contribution in [1.29, 1.82) is 0 Å². The van der Waals surface area contributed by atoms with Crippen molar-refractivity contribution in [1.82, 2.24) is 0 Å². The second-order valence-corrected chi connectivity index (χ2v) is 10.8. The fraction of sp³-hybridized carbons (Fsp3) is 0.269. The quantitative estimate of drug-likeness (QED) is 0.351. The average Bonchev–Trinajstić information content (AvgIpc) is 2.91. The number of hydrogen-bond donors (Lipinski definition) is 1. The van der Waals surface area contributed by atoms with Gasteiger partial charge < -0.3 is 24.2 Å². The van der Waals surface area contributed by atoms with Crippen molar-refractivity contribution in [3.05, 3.63) is 72.8 Å². The third kappa shape index (κ3) is 5.19.